The van der Waals surface area contributed by atoms with Crippen LogP contribution in [0, 0.1) is 0 Å². The molecule has 8 nitrogen and oxygen atoms in total. The van der Waals surface area contributed by atoms with Gasteiger partial charge in [0.05, 0.1) is 16.5 Å². The van der Waals surface area contributed by atoms with Crippen molar-refractivity contribution < 1.29 is 13.7 Å². The number of nitrogens with zero attached hydrogens (tertiary/aromatic N) is 4. The van der Waals surface area contributed by atoms with E-state index in [-0.39, 0.29) is 0 Å². The molecule has 2 aromatic rings. The maximum atomic E-state index is 12.8. The summed E-state index contributed by atoms with van der Waals surface area (Å²) >= 11 is 0. The first-order valence-corrected chi connectivity index (χ1v) is 15.9. The van der Waals surface area contributed by atoms with Gasteiger partial charge in [-0.05, 0) is 61.6 Å². The zero-order valence-corrected chi connectivity index (χ0v) is 23.9. The molecular formula is C30H41N5O3S. The van der Waals surface area contributed by atoms with Crippen molar-refractivity contribution in [2.24, 2.45) is 0 Å². The number of fused-ring (bicyclic) bond motifs is 1. The largest absolute Gasteiger partial charge is 0.381 e. The SMILES string of the molecule is C=C(c1cccc(C2CCN(c3nc4c(c(NC5CCOCC5)n3)S(=O)CC4)CC2)c1)N(C)C1CCOCC1. The maximum Gasteiger partial charge on any atom is 0.227 e. The van der Waals surface area contributed by atoms with Crippen molar-refractivity contribution in [2.75, 3.05) is 62.5 Å². The molecule has 3 saturated heterocycles. The highest BCUT2D eigenvalue weighted by Gasteiger charge is 2.30. The summed E-state index contributed by atoms with van der Waals surface area (Å²) in [5.74, 6) is 2.70. The molecule has 210 valence electrons. The Balaban J connectivity index is 1.13. The lowest BCUT2D eigenvalue weighted by atomic mass is 9.88. The normalized spacial score (nSPS) is 23.0. The first-order valence-electron chi connectivity index (χ1n) is 14.5. The smallest absolute Gasteiger partial charge is 0.227 e. The molecule has 0 saturated carbocycles. The molecule has 4 aliphatic rings. The molecule has 0 bridgehead atoms. The molecule has 1 atom stereocenters. The second-order valence-electron chi connectivity index (χ2n) is 11.3. The van der Waals surface area contributed by atoms with Gasteiger partial charge in [0.2, 0.25) is 5.95 Å². The second kappa shape index (κ2) is 11.9. The number of benzene rings is 1. The van der Waals surface area contributed by atoms with E-state index >= 15 is 0 Å². The van der Waals surface area contributed by atoms with E-state index < -0.39 is 10.8 Å². The highest BCUT2D eigenvalue weighted by atomic mass is 32.2. The first-order chi connectivity index (χ1) is 19.1. The van der Waals surface area contributed by atoms with Crippen LogP contribution in [0.5, 0.6) is 0 Å². The Bertz CT molecular complexity index is 1200. The standard InChI is InChI=1S/C30H41N5O3S/c1-21(34(2)26-10-17-38-18-11-26)23-4-3-5-24(20-23)22-6-13-35(14-7-22)30-32-27-12-19-39(36)28(27)29(33-30)31-25-8-15-37-16-9-25/h3-5,20,22,25-26H,1,6-19H2,2H3,(H,31,32,33). The minimum absolute atomic E-state index is 0.307. The molecule has 39 heavy (non-hydrogen) atoms. The summed E-state index contributed by atoms with van der Waals surface area (Å²) in [4.78, 5) is 15.3. The number of rotatable bonds is 7. The molecule has 0 radical (unpaired) electrons. The number of piperidine rings is 1. The van der Waals surface area contributed by atoms with E-state index in [4.69, 9.17) is 19.4 Å². The molecule has 1 aromatic carbocycles. The van der Waals surface area contributed by atoms with Gasteiger partial charge < -0.3 is 24.6 Å². The summed E-state index contributed by atoms with van der Waals surface area (Å²) in [7, 11) is 1.14. The Morgan fingerprint density at radius 2 is 1.77 bits per heavy atom. The van der Waals surface area contributed by atoms with Crippen LogP contribution < -0.4 is 10.2 Å². The molecule has 9 heteroatoms. The van der Waals surface area contributed by atoms with E-state index in [2.05, 4.69) is 53.0 Å². The van der Waals surface area contributed by atoms with E-state index in [1.807, 2.05) is 0 Å². The van der Waals surface area contributed by atoms with Gasteiger partial charge in [0, 0.05) is 76.5 Å². The van der Waals surface area contributed by atoms with Crippen molar-refractivity contribution in [1.82, 2.24) is 14.9 Å². The summed E-state index contributed by atoms with van der Waals surface area (Å²) in [6, 6.07) is 9.78. The summed E-state index contributed by atoms with van der Waals surface area (Å²) in [6.07, 6.45) is 6.88. The van der Waals surface area contributed by atoms with Crippen molar-refractivity contribution in [3.8, 4) is 0 Å². The summed E-state index contributed by atoms with van der Waals surface area (Å²) < 4.78 is 23.8. The van der Waals surface area contributed by atoms with Gasteiger partial charge >= 0.3 is 0 Å². The van der Waals surface area contributed by atoms with Crippen LogP contribution in [-0.4, -0.2) is 83.5 Å². The lowest BCUT2D eigenvalue weighted by Gasteiger charge is -2.35. The van der Waals surface area contributed by atoms with Crippen molar-refractivity contribution >= 4 is 28.3 Å². The van der Waals surface area contributed by atoms with Crippen molar-refractivity contribution in [2.45, 2.75) is 67.8 Å². The number of aromatic nitrogens is 2. The predicted molar refractivity (Wildman–Crippen MR) is 156 cm³/mol. The second-order valence-corrected chi connectivity index (χ2v) is 12.8. The molecule has 0 spiro atoms. The van der Waals surface area contributed by atoms with Crippen LogP contribution in [0.25, 0.3) is 5.70 Å². The fraction of sp³-hybridized carbons (Fsp3) is 0.600. The molecule has 0 aliphatic carbocycles. The predicted octanol–water partition coefficient (Wildman–Crippen LogP) is 4.20. The maximum absolute atomic E-state index is 12.8. The van der Waals surface area contributed by atoms with E-state index in [0.717, 1.165) is 113 Å². The minimum Gasteiger partial charge on any atom is -0.381 e. The minimum atomic E-state index is -1.02. The van der Waals surface area contributed by atoms with Gasteiger partial charge in [-0.1, -0.05) is 24.8 Å². The first kappa shape index (κ1) is 26.7. The van der Waals surface area contributed by atoms with E-state index in [1.165, 1.54) is 11.1 Å². The molecule has 1 aromatic heterocycles. The third kappa shape index (κ3) is 5.86. The van der Waals surface area contributed by atoms with Gasteiger partial charge in [0.25, 0.3) is 0 Å². The Morgan fingerprint density at radius 1 is 1.05 bits per heavy atom. The Hall–Kier alpha value is -2.49. The molecule has 4 aliphatic heterocycles. The number of anilines is 2. The van der Waals surface area contributed by atoms with Crippen LogP contribution in [0.1, 0.15) is 61.3 Å². The third-order valence-corrected chi connectivity index (χ3v) is 10.3. The molecule has 0 amide bonds. The van der Waals surface area contributed by atoms with Gasteiger partial charge in [-0.25, -0.2) is 4.98 Å². The summed E-state index contributed by atoms with van der Waals surface area (Å²) in [5, 5.41) is 3.61. The van der Waals surface area contributed by atoms with Crippen LogP contribution in [0.15, 0.2) is 35.7 Å². The van der Waals surface area contributed by atoms with Gasteiger partial charge in [0.1, 0.15) is 10.7 Å². The number of aryl methyl sites for hydroxylation is 1. The van der Waals surface area contributed by atoms with Gasteiger partial charge in [0.15, 0.2) is 0 Å². The quantitative estimate of drug-likeness (QED) is 0.549. The number of nitrogens with one attached hydrogen (secondary N) is 1. The monoisotopic (exact) mass is 551 g/mol. The third-order valence-electron chi connectivity index (χ3n) is 8.87. The van der Waals surface area contributed by atoms with E-state index in [1.54, 1.807) is 0 Å². The molecule has 1 N–H and O–H groups in total. The zero-order chi connectivity index (χ0) is 26.8. The number of ether oxygens (including phenoxy) is 2. The fourth-order valence-electron chi connectivity index (χ4n) is 6.34. The average molecular weight is 552 g/mol. The zero-order valence-electron chi connectivity index (χ0n) is 23.1. The number of hydrogen-bond acceptors (Lipinski definition) is 8. The topological polar surface area (TPSA) is 79.8 Å². The van der Waals surface area contributed by atoms with Crippen molar-refractivity contribution in [3.63, 3.8) is 0 Å². The Kier molecular flexibility index (Phi) is 8.18. The average Bonchev–Trinajstić information content (AvgIpc) is 3.38. The highest BCUT2D eigenvalue weighted by molar-refractivity contribution is 7.85. The Morgan fingerprint density at radius 3 is 2.51 bits per heavy atom. The highest BCUT2D eigenvalue weighted by Crippen LogP contribution is 2.35. The lowest BCUT2D eigenvalue weighted by Crippen LogP contribution is -2.35. The lowest BCUT2D eigenvalue weighted by molar-refractivity contribution is 0.0584. The van der Waals surface area contributed by atoms with E-state index in [0.29, 0.717) is 23.8 Å². The fourth-order valence-corrected chi connectivity index (χ4v) is 7.65. The van der Waals surface area contributed by atoms with Crippen LogP contribution in [0.3, 0.4) is 0 Å². The van der Waals surface area contributed by atoms with Crippen LogP contribution in [0.4, 0.5) is 11.8 Å². The van der Waals surface area contributed by atoms with Crippen molar-refractivity contribution in [1.29, 1.82) is 0 Å². The van der Waals surface area contributed by atoms with Gasteiger partial charge in [-0.15, -0.1) is 0 Å². The molecule has 1 unspecified atom stereocenters. The molecule has 6 rings (SSSR count). The number of hydrogen-bond donors (Lipinski definition) is 1. The van der Waals surface area contributed by atoms with Crippen LogP contribution in [0.2, 0.25) is 0 Å². The molecule has 5 heterocycles. The molecular weight excluding hydrogens is 510 g/mol. The van der Waals surface area contributed by atoms with Gasteiger partial charge in [-0.3, -0.25) is 4.21 Å². The van der Waals surface area contributed by atoms with E-state index in [9.17, 15) is 4.21 Å². The summed E-state index contributed by atoms with van der Waals surface area (Å²) in [6.45, 7) is 9.46. The van der Waals surface area contributed by atoms with Crippen LogP contribution in [-0.2, 0) is 26.7 Å². The van der Waals surface area contributed by atoms with Gasteiger partial charge in [-0.2, -0.15) is 4.98 Å². The molecule has 3 fully saturated rings. The summed E-state index contributed by atoms with van der Waals surface area (Å²) in [5.41, 5.74) is 4.65. The van der Waals surface area contributed by atoms with Crippen LogP contribution >= 0.6 is 0 Å². The Labute approximate surface area is 234 Å². The van der Waals surface area contributed by atoms with Crippen molar-refractivity contribution in [3.05, 3.63) is 47.7 Å².